The SMILES string of the molecule is Cc1nn(Cc2ccc(Br)cc2)c(C)c1NC(=O)C(C)n1nccc1C(=O)O. The summed E-state index contributed by atoms with van der Waals surface area (Å²) in [4.78, 5) is 24.0. The van der Waals surface area contributed by atoms with Crippen LogP contribution < -0.4 is 5.32 Å². The second-order valence-electron chi connectivity index (χ2n) is 6.46. The van der Waals surface area contributed by atoms with Crippen molar-refractivity contribution in [1.29, 1.82) is 0 Å². The van der Waals surface area contributed by atoms with E-state index in [1.807, 2.05) is 42.8 Å². The number of carboxylic acid groups (broad SMARTS) is 1. The number of nitrogens with one attached hydrogen (secondary N) is 1. The fraction of sp³-hybridized carbons (Fsp3) is 0.263. The number of aromatic carboxylic acids is 1. The van der Waals surface area contributed by atoms with E-state index in [1.165, 1.54) is 16.9 Å². The first-order chi connectivity index (χ1) is 13.3. The van der Waals surface area contributed by atoms with Crippen molar-refractivity contribution in [2.45, 2.75) is 33.4 Å². The lowest BCUT2D eigenvalue weighted by atomic mass is 10.2. The number of benzene rings is 1. The maximum atomic E-state index is 12.7. The Hall–Kier alpha value is -2.94. The maximum Gasteiger partial charge on any atom is 0.354 e. The van der Waals surface area contributed by atoms with Crippen LogP contribution in [0, 0.1) is 13.8 Å². The van der Waals surface area contributed by atoms with Crippen LogP contribution in [0.5, 0.6) is 0 Å². The van der Waals surface area contributed by atoms with Crippen LogP contribution in [0.3, 0.4) is 0 Å². The highest BCUT2D eigenvalue weighted by Gasteiger charge is 2.23. The van der Waals surface area contributed by atoms with Gasteiger partial charge in [-0.2, -0.15) is 10.2 Å². The van der Waals surface area contributed by atoms with Crippen LogP contribution in [0.4, 0.5) is 5.69 Å². The number of carbonyl (C=O) groups is 2. The summed E-state index contributed by atoms with van der Waals surface area (Å²) >= 11 is 3.42. The third kappa shape index (κ3) is 3.99. The van der Waals surface area contributed by atoms with E-state index in [0.29, 0.717) is 17.9 Å². The molecule has 2 heterocycles. The summed E-state index contributed by atoms with van der Waals surface area (Å²) in [6.45, 7) is 5.89. The zero-order valence-corrected chi connectivity index (χ0v) is 17.3. The van der Waals surface area contributed by atoms with E-state index < -0.39 is 12.0 Å². The minimum Gasteiger partial charge on any atom is -0.477 e. The fourth-order valence-electron chi connectivity index (χ4n) is 2.93. The van der Waals surface area contributed by atoms with Crippen LogP contribution in [-0.2, 0) is 11.3 Å². The lowest BCUT2D eigenvalue weighted by Gasteiger charge is -2.14. The predicted octanol–water partition coefficient (Wildman–Crippen LogP) is 3.41. The fourth-order valence-corrected chi connectivity index (χ4v) is 3.19. The molecule has 1 aromatic carbocycles. The zero-order chi connectivity index (χ0) is 20.4. The summed E-state index contributed by atoms with van der Waals surface area (Å²) in [5.74, 6) is -1.49. The van der Waals surface area contributed by atoms with E-state index >= 15 is 0 Å². The second kappa shape index (κ2) is 7.97. The molecule has 1 atom stereocenters. The lowest BCUT2D eigenvalue weighted by molar-refractivity contribution is -0.119. The van der Waals surface area contributed by atoms with Gasteiger partial charge in [-0.25, -0.2) is 9.48 Å². The molecule has 0 aliphatic heterocycles. The van der Waals surface area contributed by atoms with Crippen LogP contribution in [0.25, 0.3) is 0 Å². The molecule has 9 heteroatoms. The molecule has 1 amide bonds. The number of aromatic nitrogens is 4. The molecule has 0 saturated carbocycles. The first-order valence-corrected chi connectivity index (χ1v) is 9.43. The highest BCUT2D eigenvalue weighted by Crippen LogP contribution is 2.22. The van der Waals surface area contributed by atoms with Gasteiger partial charge < -0.3 is 10.4 Å². The Morgan fingerprint density at radius 2 is 1.89 bits per heavy atom. The van der Waals surface area contributed by atoms with Gasteiger partial charge >= 0.3 is 5.97 Å². The first-order valence-electron chi connectivity index (χ1n) is 8.64. The molecule has 3 rings (SSSR count). The normalized spacial score (nSPS) is 12.0. The topological polar surface area (TPSA) is 102 Å². The number of carbonyl (C=O) groups excluding carboxylic acids is 1. The van der Waals surface area contributed by atoms with Crippen LogP contribution in [-0.4, -0.2) is 36.5 Å². The van der Waals surface area contributed by atoms with Crippen LogP contribution in [0.15, 0.2) is 41.0 Å². The van der Waals surface area contributed by atoms with Crippen molar-refractivity contribution in [2.24, 2.45) is 0 Å². The minimum absolute atomic E-state index is 0.0398. The van der Waals surface area contributed by atoms with Crippen molar-refractivity contribution >= 4 is 33.5 Å². The first kappa shape index (κ1) is 19.8. The van der Waals surface area contributed by atoms with E-state index in [1.54, 1.807) is 6.92 Å². The molecule has 1 unspecified atom stereocenters. The number of hydrogen-bond donors (Lipinski definition) is 2. The average Bonchev–Trinajstić information content (AvgIpc) is 3.24. The van der Waals surface area contributed by atoms with Crippen molar-refractivity contribution < 1.29 is 14.7 Å². The van der Waals surface area contributed by atoms with Gasteiger partial charge in [-0.1, -0.05) is 28.1 Å². The second-order valence-corrected chi connectivity index (χ2v) is 7.38. The van der Waals surface area contributed by atoms with E-state index in [2.05, 4.69) is 31.4 Å². The molecule has 0 aliphatic rings. The molecular weight excluding hydrogens is 426 g/mol. The monoisotopic (exact) mass is 445 g/mol. The van der Waals surface area contributed by atoms with Gasteiger partial charge in [-0.05, 0) is 44.5 Å². The van der Waals surface area contributed by atoms with Crippen molar-refractivity contribution in [3.05, 3.63) is 63.6 Å². The number of halogens is 1. The molecule has 0 fully saturated rings. The number of carboxylic acids is 1. The Morgan fingerprint density at radius 3 is 2.54 bits per heavy atom. The van der Waals surface area contributed by atoms with Gasteiger partial charge in [0.2, 0.25) is 5.91 Å². The number of aryl methyl sites for hydroxylation is 1. The van der Waals surface area contributed by atoms with E-state index in [9.17, 15) is 14.7 Å². The quantitative estimate of drug-likeness (QED) is 0.605. The highest BCUT2D eigenvalue weighted by atomic mass is 79.9. The van der Waals surface area contributed by atoms with Gasteiger partial charge in [0.15, 0.2) is 0 Å². The Bertz CT molecular complexity index is 1020. The molecule has 3 aromatic rings. The Kier molecular flexibility index (Phi) is 5.64. The molecule has 2 N–H and O–H groups in total. The van der Waals surface area contributed by atoms with Crippen LogP contribution in [0.1, 0.15) is 40.4 Å². The highest BCUT2D eigenvalue weighted by molar-refractivity contribution is 9.10. The number of anilines is 1. The summed E-state index contributed by atoms with van der Waals surface area (Å²) < 4.78 is 4.02. The molecule has 0 spiro atoms. The summed E-state index contributed by atoms with van der Waals surface area (Å²) in [6.07, 6.45) is 1.36. The number of hydrogen-bond acceptors (Lipinski definition) is 4. The molecule has 8 nitrogen and oxygen atoms in total. The number of nitrogens with zero attached hydrogens (tertiary/aromatic N) is 4. The summed E-state index contributed by atoms with van der Waals surface area (Å²) in [5, 5.41) is 20.6. The molecule has 0 aliphatic carbocycles. The summed E-state index contributed by atoms with van der Waals surface area (Å²) in [7, 11) is 0. The third-order valence-electron chi connectivity index (χ3n) is 4.51. The number of rotatable bonds is 6. The van der Waals surface area contributed by atoms with Gasteiger partial charge in [-0.15, -0.1) is 0 Å². The van der Waals surface area contributed by atoms with Crippen molar-refractivity contribution in [3.63, 3.8) is 0 Å². The average molecular weight is 446 g/mol. The standard InChI is InChI=1S/C19H20BrN5O3/c1-11-17(12(2)24(23-11)10-14-4-6-15(20)7-5-14)22-18(26)13(3)25-16(19(27)28)8-9-21-25/h4-9,13H,10H2,1-3H3,(H,22,26)(H,27,28). The van der Waals surface area contributed by atoms with Gasteiger partial charge in [0.25, 0.3) is 0 Å². The molecule has 0 bridgehead atoms. The van der Waals surface area contributed by atoms with Crippen molar-refractivity contribution in [3.8, 4) is 0 Å². The van der Waals surface area contributed by atoms with Crippen molar-refractivity contribution in [1.82, 2.24) is 19.6 Å². The zero-order valence-electron chi connectivity index (χ0n) is 15.7. The predicted molar refractivity (Wildman–Crippen MR) is 107 cm³/mol. The molecule has 2 aromatic heterocycles. The Labute approximate surface area is 170 Å². The third-order valence-corrected chi connectivity index (χ3v) is 5.04. The van der Waals surface area contributed by atoms with E-state index in [4.69, 9.17) is 0 Å². The van der Waals surface area contributed by atoms with Crippen molar-refractivity contribution in [2.75, 3.05) is 5.32 Å². The van der Waals surface area contributed by atoms with Gasteiger partial charge in [0.1, 0.15) is 11.7 Å². The largest absolute Gasteiger partial charge is 0.477 e. The minimum atomic E-state index is -1.13. The van der Waals surface area contributed by atoms with Crippen LogP contribution in [0.2, 0.25) is 0 Å². The summed E-state index contributed by atoms with van der Waals surface area (Å²) in [6, 6.07) is 8.52. The van der Waals surface area contributed by atoms with E-state index in [0.717, 1.165) is 15.7 Å². The van der Waals surface area contributed by atoms with Gasteiger partial charge in [0.05, 0.1) is 23.6 Å². The van der Waals surface area contributed by atoms with Gasteiger partial charge in [-0.3, -0.25) is 9.48 Å². The Morgan fingerprint density at radius 1 is 1.21 bits per heavy atom. The Balaban J connectivity index is 1.79. The summed E-state index contributed by atoms with van der Waals surface area (Å²) in [5.41, 5.74) is 3.18. The molecule has 0 radical (unpaired) electrons. The molecule has 0 saturated heterocycles. The lowest BCUT2D eigenvalue weighted by Crippen LogP contribution is -2.27. The van der Waals surface area contributed by atoms with E-state index in [-0.39, 0.29) is 11.6 Å². The number of amides is 1. The smallest absolute Gasteiger partial charge is 0.354 e. The maximum absolute atomic E-state index is 12.7. The molecule has 146 valence electrons. The van der Waals surface area contributed by atoms with Crippen LogP contribution >= 0.6 is 15.9 Å². The van der Waals surface area contributed by atoms with Gasteiger partial charge in [0, 0.05) is 10.7 Å². The molecule has 28 heavy (non-hydrogen) atoms. The molecular formula is C19H20BrN5O3.